The van der Waals surface area contributed by atoms with Gasteiger partial charge in [0.2, 0.25) is 0 Å². The Labute approximate surface area is 85.8 Å². The molecule has 1 heteroatoms. The van der Waals surface area contributed by atoms with Gasteiger partial charge in [0.25, 0.3) is 0 Å². The van der Waals surface area contributed by atoms with Gasteiger partial charge in [0.15, 0.2) is 0 Å². The van der Waals surface area contributed by atoms with Crippen molar-refractivity contribution in [3.63, 3.8) is 0 Å². The average Bonchev–Trinajstić information content (AvgIpc) is 2.83. The smallest absolute Gasteiger partial charge is 0.0690 e. The maximum atomic E-state index is 9.81. The molecule has 1 fully saturated rings. The Morgan fingerprint density at radius 3 is 2.64 bits per heavy atom. The van der Waals surface area contributed by atoms with Crippen molar-refractivity contribution in [1.82, 2.24) is 0 Å². The van der Waals surface area contributed by atoms with Gasteiger partial charge in [-0.15, -0.1) is 0 Å². The van der Waals surface area contributed by atoms with Crippen LogP contribution in [0.4, 0.5) is 0 Å². The summed E-state index contributed by atoms with van der Waals surface area (Å²) in [5, 5.41) is 9.81. The second-order valence-corrected chi connectivity index (χ2v) is 4.80. The fraction of sp³-hybridized carbons (Fsp3) is 0.538. The molecule has 1 aliphatic rings. The van der Waals surface area contributed by atoms with Crippen molar-refractivity contribution in [3.05, 3.63) is 35.4 Å². The van der Waals surface area contributed by atoms with E-state index < -0.39 is 0 Å². The molecule has 1 nitrogen and oxygen atoms in total. The van der Waals surface area contributed by atoms with E-state index in [0.29, 0.717) is 5.92 Å². The molecule has 0 bridgehead atoms. The first-order valence-corrected chi connectivity index (χ1v) is 5.40. The number of rotatable bonds is 3. The normalized spacial score (nSPS) is 18.6. The summed E-state index contributed by atoms with van der Waals surface area (Å²) in [7, 11) is 0. The van der Waals surface area contributed by atoms with E-state index in [1.807, 2.05) is 0 Å². The summed E-state index contributed by atoms with van der Waals surface area (Å²) in [6, 6.07) is 8.59. The van der Waals surface area contributed by atoms with E-state index in [-0.39, 0.29) is 5.60 Å². The van der Waals surface area contributed by atoms with E-state index >= 15 is 0 Å². The Balaban J connectivity index is 2.13. The lowest BCUT2D eigenvalue weighted by molar-refractivity contribution is 0.151. The van der Waals surface area contributed by atoms with Crippen LogP contribution in [0.3, 0.4) is 0 Å². The largest absolute Gasteiger partial charge is 0.390 e. The third kappa shape index (κ3) is 2.16. The lowest BCUT2D eigenvalue weighted by Crippen LogP contribution is -2.10. The molecular formula is C13H18O. The van der Waals surface area contributed by atoms with Crippen LogP contribution in [0.1, 0.15) is 43.7 Å². The van der Waals surface area contributed by atoms with Crippen LogP contribution in [0.25, 0.3) is 0 Å². The molecule has 2 rings (SSSR count). The Hall–Kier alpha value is -0.820. The van der Waals surface area contributed by atoms with Crippen molar-refractivity contribution >= 4 is 0 Å². The molecular weight excluding hydrogens is 172 g/mol. The SMILES string of the molecule is CC(C)c1cccc(CC2(O)CC2)c1. The molecule has 1 aliphatic carbocycles. The Bertz CT molecular complexity index is 324. The van der Waals surface area contributed by atoms with Crippen LogP contribution >= 0.6 is 0 Å². The van der Waals surface area contributed by atoms with E-state index in [4.69, 9.17) is 0 Å². The number of benzene rings is 1. The first-order valence-electron chi connectivity index (χ1n) is 5.40. The minimum absolute atomic E-state index is 0.365. The van der Waals surface area contributed by atoms with Gasteiger partial charge in [-0.05, 0) is 29.9 Å². The molecule has 14 heavy (non-hydrogen) atoms. The molecule has 0 unspecified atom stereocenters. The molecule has 0 heterocycles. The Morgan fingerprint density at radius 1 is 1.36 bits per heavy atom. The van der Waals surface area contributed by atoms with E-state index in [1.165, 1.54) is 11.1 Å². The van der Waals surface area contributed by atoms with Crippen molar-refractivity contribution in [3.8, 4) is 0 Å². The summed E-state index contributed by atoms with van der Waals surface area (Å²) in [4.78, 5) is 0. The van der Waals surface area contributed by atoms with Gasteiger partial charge >= 0.3 is 0 Å². The number of hydrogen-bond acceptors (Lipinski definition) is 1. The van der Waals surface area contributed by atoms with E-state index in [1.54, 1.807) is 0 Å². The second kappa shape index (κ2) is 3.39. The summed E-state index contributed by atoms with van der Waals surface area (Å²) in [6.07, 6.45) is 2.77. The molecule has 1 aromatic carbocycles. The molecule has 76 valence electrons. The molecule has 0 aromatic heterocycles. The molecule has 0 radical (unpaired) electrons. The maximum absolute atomic E-state index is 9.81. The molecule has 0 amide bonds. The zero-order valence-electron chi connectivity index (χ0n) is 8.96. The highest BCUT2D eigenvalue weighted by Crippen LogP contribution is 2.38. The first-order chi connectivity index (χ1) is 6.59. The van der Waals surface area contributed by atoms with Crippen LogP contribution in [0.15, 0.2) is 24.3 Å². The fourth-order valence-electron chi connectivity index (χ4n) is 1.76. The lowest BCUT2D eigenvalue weighted by atomic mass is 9.98. The Kier molecular flexibility index (Phi) is 2.36. The van der Waals surface area contributed by atoms with Crippen molar-refractivity contribution < 1.29 is 5.11 Å². The van der Waals surface area contributed by atoms with E-state index in [2.05, 4.69) is 38.1 Å². The van der Waals surface area contributed by atoms with Crippen LogP contribution in [0.2, 0.25) is 0 Å². The van der Waals surface area contributed by atoms with Gasteiger partial charge in [-0.3, -0.25) is 0 Å². The summed E-state index contributed by atoms with van der Waals surface area (Å²) >= 11 is 0. The first kappa shape index (κ1) is 9.72. The Morgan fingerprint density at radius 2 is 2.07 bits per heavy atom. The van der Waals surface area contributed by atoms with Crippen LogP contribution in [-0.2, 0) is 6.42 Å². The molecule has 0 spiro atoms. The minimum Gasteiger partial charge on any atom is -0.390 e. The highest BCUT2D eigenvalue weighted by atomic mass is 16.3. The third-order valence-electron chi connectivity index (χ3n) is 2.98. The number of aliphatic hydroxyl groups is 1. The summed E-state index contributed by atoms with van der Waals surface area (Å²) in [5.74, 6) is 0.573. The van der Waals surface area contributed by atoms with Gasteiger partial charge in [0, 0.05) is 6.42 Å². The van der Waals surface area contributed by atoms with Crippen molar-refractivity contribution in [1.29, 1.82) is 0 Å². The highest BCUT2D eigenvalue weighted by molar-refractivity contribution is 5.27. The molecule has 1 saturated carbocycles. The highest BCUT2D eigenvalue weighted by Gasteiger charge is 2.40. The number of hydrogen-bond donors (Lipinski definition) is 1. The van der Waals surface area contributed by atoms with Gasteiger partial charge in [0.1, 0.15) is 0 Å². The third-order valence-corrected chi connectivity index (χ3v) is 2.98. The van der Waals surface area contributed by atoms with Crippen LogP contribution in [0.5, 0.6) is 0 Å². The zero-order chi connectivity index (χ0) is 10.2. The van der Waals surface area contributed by atoms with Crippen molar-refractivity contribution in [2.75, 3.05) is 0 Å². The summed E-state index contributed by atoms with van der Waals surface area (Å²) in [5.41, 5.74) is 2.28. The quantitative estimate of drug-likeness (QED) is 0.777. The molecule has 0 atom stereocenters. The van der Waals surface area contributed by atoms with Gasteiger partial charge in [0.05, 0.1) is 5.60 Å². The molecule has 0 aliphatic heterocycles. The van der Waals surface area contributed by atoms with Gasteiger partial charge in [-0.1, -0.05) is 38.1 Å². The monoisotopic (exact) mass is 190 g/mol. The standard InChI is InChI=1S/C13H18O/c1-10(2)12-5-3-4-11(8-12)9-13(14)6-7-13/h3-5,8,10,14H,6-7,9H2,1-2H3. The predicted octanol–water partition coefficient (Wildman–Crippen LogP) is 2.88. The summed E-state index contributed by atoms with van der Waals surface area (Å²) in [6.45, 7) is 4.40. The molecule has 1 aromatic rings. The fourth-order valence-corrected chi connectivity index (χ4v) is 1.76. The zero-order valence-corrected chi connectivity index (χ0v) is 8.96. The van der Waals surface area contributed by atoms with Crippen LogP contribution in [0, 0.1) is 0 Å². The van der Waals surface area contributed by atoms with Gasteiger partial charge in [-0.2, -0.15) is 0 Å². The summed E-state index contributed by atoms with van der Waals surface area (Å²) < 4.78 is 0. The average molecular weight is 190 g/mol. The van der Waals surface area contributed by atoms with Crippen molar-refractivity contribution in [2.45, 2.75) is 44.6 Å². The minimum atomic E-state index is -0.365. The van der Waals surface area contributed by atoms with Gasteiger partial charge in [-0.25, -0.2) is 0 Å². The van der Waals surface area contributed by atoms with E-state index in [9.17, 15) is 5.11 Å². The van der Waals surface area contributed by atoms with Crippen molar-refractivity contribution in [2.24, 2.45) is 0 Å². The molecule has 0 saturated heterocycles. The topological polar surface area (TPSA) is 20.2 Å². The lowest BCUT2D eigenvalue weighted by Gasteiger charge is -2.10. The second-order valence-electron chi connectivity index (χ2n) is 4.80. The predicted molar refractivity (Wildman–Crippen MR) is 58.4 cm³/mol. The van der Waals surface area contributed by atoms with E-state index in [0.717, 1.165) is 19.3 Å². The van der Waals surface area contributed by atoms with Gasteiger partial charge < -0.3 is 5.11 Å². The van der Waals surface area contributed by atoms with Crippen LogP contribution < -0.4 is 0 Å². The molecule has 1 N–H and O–H groups in total. The van der Waals surface area contributed by atoms with Crippen LogP contribution in [-0.4, -0.2) is 10.7 Å². The maximum Gasteiger partial charge on any atom is 0.0690 e.